The summed E-state index contributed by atoms with van der Waals surface area (Å²) in [5.74, 6) is -0.211. The summed E-state index contributed by atoms with van der Waals surface area (Å²) >= 11 is 0. The number of ether oxygens (including phenoxy) is 1. The van der Waals surface area contributed by atoms with E-state index >= 15 is 0 Å². The van der Waals surface area contributed by atoms with Gasteiger partial charge in [-0.25, -0.2) is 13.6 Å². The van der Waals surface area contributed by atoms with Gasteiger partial charge in [-0.2, -0.15) is 0 Å². The largest absolute Gasteiger partial charge is 0.376 e. The lowest BCUT2D eigenvalue weighted by atomic mass is 10.1. The molecule has 1 saturated heterocycles. The van der Waals surface area contributed by atoms with Crippen molar-refractivity contribution in [3.63, 3.8) is 0 Å². The first-order valence-electron chi connectivity index (χ1n) is 9.01. The fraction of sp³-hybridized carbons (Fsp3) is 0.556. The van der Waals surface area contributed by atoms with Crippen LogP contribution in [0.3, 0.4) is 0 Å². The van der Waals surface area contributed by atoms with Crippen LogP contribution in [0.4, 0.5) is 0 Å². The molecule has 1 heterocycles. The Morgan fingerprint density at radius 1 is 1.26 bits per heavy atom. The number of nitrogens with zero attached hydrogens (tertiary/aromatic N) is 1. The monoisotopic (exact) mass is 397 g/mol. The Morgan fingerprint density at radius 2 is 1.96 bits per heavy atom. The van der Waals surface area contributed by atoms with Crippen LogP contribution < -0.4 is 10.5 Å². The second-order valence-corrected chi connectivity index (χ2v) is 8.20. The summed E-state index contributed by atoms with van der Waals surface area (Å²) in [6.45, 7) is 3.51. The van der Waals surface area contributed by atoms with E-state index in [1.165, 1.54) is 19.1 Å². The van der Waals surface area contributed by atoms with Crippen molar-refractivity contribution < 1.29 is 22.7 Å². The lowest BCUT2D eigenvalue weighted by Gasteiger charge is -2.21. The number of hydrogen-bond donors (Lipinski definition) is 2. The SMILES string of the molecule is CC(=O)N(CCC(=O)NCC1CCCO1)CCc1ccc(S(N)(=O)=O)cc1. The first kappa shape index (κ1) is 21.3. The summed E-state index contributed by atoms with van der Waals surface area (Å²) in [5, 5.41) is 7.92. The fourth-order valence-electron chi connectivity index (χ4n) is 2.89. The highest BCUT2D eigenvalue weighted by atomic mass is 32.2. The maximum absolute atomic E-state index is 12.0. The van der Waals surface area contributed by atoms with Gasteiger partial charge >= 0.3 is 0 Å². The van der Waals surface area contributed by atoms with Crippen LogP contribution in [0.25, 0.3) is 0 Å². The molecule has 0 radical (unpaired) electrons. The van der Waals surface area contributed by atoms with Crippen LogP contribution >= 0.6 is 0 Å². The molecule has 8 nitrogen and oxygen atoms in total. The molecule has 1 aromatic rings. The number of carbonyl (C=O) groups excluding carboxylic acids is 2. The van der Waals surface area contributed by atoms with Crippen molar-refractivity contribution in [3.05, 3.63) is 29.8 Å². The maximum Gasteiger partial charge on any atom is 0.238 e. The van der Waals surface area contributed by atoms with Crippen molar-refractivity contribution in [2.45, 2.75) is 43.6 Å². The summed E-state index contributed by atoms with van der Waals surface area (Å²) in [4.78, 5) is 25.4. The second-order valence-electron chi connectivity index (χ2n) is 6.63. The topological polar surface area (TPSA) is 119 Å². The highest BCUT2D eigenvalue weighted by Gasteiger charge is 2.17. The molecule has 1 atom stereocenters. The van der Waals surface area contributed by atoms with E-state index in [2.05, 4.69) is 5.32 Å². The van der Waals surface area contributed by atoms with Gasteiger partial charge in [-0.1, -0.05) is 12.1 Å². The summed E-state index contributed by atoms with van der Waals surface area (Å²) < 4.78 is 28.0. The first-order chi connectivity index (χ1) is 12.8. The highest BCUT2D eigenvalue weighted by Crippen LogP contribution is 2.11. The van der Waals surface area contributed by atoms with E-state index in [-0.39, 0.29) is 29.2 Å². The minimum atomic E-state index is -3.71. The van der Waals surface area contributed by atoms with Crippen molar-refractivity contribution in [2.24, 2.45) is 5.14 Å². The number of carbonyl (C=O) groups is 2. The van der Waals surface area contributed by atoms with Crippen molar-refractivity contribution in [1.29, 1.82) is 0 Å². The average molecular weight is 397 g/mol. The van der Waals surface area contributed by atoms with Crippen LogP contribution in [-0.4, -0.2) is 57.5 Å². The molecule has 0 spiro atoms. The number of sulfonamides is 1. The molecular formula is C18H27N3O5S. The molecule has 1 aliphatic heterocycles. The third-order valence-corrected chi connectivity index (χ3v) is 5.46. The van der Waals surface area contributed by atoms with Gasteiger partial charge in [0.25, 0.3) is 0 Å². The molecule has 3 N–H and O–H groups in total. The normalized spacial score (nSPS) is 16.9. The van der Waals surface area contributed by atoms with Gasteiger partial charge < -0.3 is 15.0 Å². The van der Waals surface area contributed by atoms with E-state index in [0.717, 1.165) is 25.0 Å². The fourth-order valence-corrected chi connectivity index (χ4v) is 3.41. The zero-order valence-corrected chi connectivity index (χ0v) is 16.3. The van der Waals surface area contributed by atoms with Crippen LogP contribution in [0.15, 0.2) is 29.2 Å². The van der Waals surface area contributed by atoms with E-state index in [9.17, 15) is 18.0 Å². The Bertz CT molecular complexity index is 743. The molecule has 1 aliphatic rings. The summed E-state index contributed by atoms with van der Waals surface area (Å²) in [5.41, 5.74) is 0.886. The third-order valence-electron chi connectivity index (χ3n) is 4.53. The average Bonchev–Trinajstić information content (AvgIpc) is 3.12. The molecule has 27 heavy (non-hydrogen) atoms. The van der Waals surface area contributed by atoms with Gasteiger partial charge in [0.2, 0.25) is 21.8 Å². The van der Waals surface area contributed by atoms with E-state index in [4.69, 9.17) is 9.88 Å². The molecule has 1 fully saturated rings. The number of benzene rings is 1. The van der Waals surface area contributed by atoms with Crippen LogP contribution in [0, 0.1) is 0 Å². The third kappa shape index (κ3) is 7.28. The quantitative estimate of drug-likeness (QED) is 0.626. The standard InChI is InChI=1S/C18H27N3O5S/c1-14(22)21(11-9-18(23)20-13-16-3-2-12-26-16)10-8-15-4-6-17(7-5-15)27(19,24)25/h4-7,16H,2-3,8-13H2,1H3,(H,20,23)(H2,19,24,25). The Balaban J connectivity index is 1.77. The molecule has 9 heteroatoms. The molecule has 0 bridgehead atoms. The minimum Gasteiger partial charge on any atom is -0.376 e. The van der Waals surface area contributed by atoms with Crippen molar-refractivity contribution in [1.82, 2.24) is 10.2 Å². The Morgan fingerprint density at radius 3 is 2.52 bits per heavy atom. The van der Waals surface area contributed by atoms with E-state index < -0.39 is 10.0 Å². The number of nitrogens with one attached hydrogen (secondary N) is 1. The molecule has 0 aromatic heterocycles. The zero-order valence-electron chi connectivity index (χ0n) is 15.5. The number of hydrogen-bond acceptors (Lipinski definition) is 5. The molecule has 2 amide bonds. The predicted octanol–water partition coefficient (Wildman–Crippen LogP) is 0.410. The van der Waals surface area contributed by atoms with E-state index in [0.29, 0.717) is 26.1 Å². The number of rotatable bonds is 9. The van der Waals surface area contributed by atoms with Crippen molar-refractivity contribution in [3.8, 4) is 0 Å². The highest BCUT2D eigenvalue weighted by molar-refractivity contribution is 7.89. The van der Waals surface area contributed by atoms with Crippen LogP contribution in [0.5, 0.6) is 0 Å². The van der Waals surface area contributed by atoms with Gasteiger partial charge in [0.05, 0.1) is 11.0 Å². The van der Waals surface area contributed by atoms with Crippen LogP contribution in [0.1, 0.15) is 31.7 Å². The lowest BCUT2D eigenvalue weighted by molar-refractivity contribution is -0.129. The molecule has 1 aromatic carbocycles. The lowest BCUT2D eigenvalue weighted by Crippen LogP contribution is -2.37. The first-order valence-corrected chi connectivity index (χ1v) is 10.6. The van der Waals surface area contributed by atoms with Gasteiger partial charge in [0.1, 0.15) is 0 Å². The molecule has 2 rings (SSSR count). The molecular weight excluding hydrogens is 370 g/mol. The second kappa shape index (κ2) is 9.82. The van der Waals surface area contributed by atoms with Crippen LogP contribution in [0.2, 0.25) is 0 Å². The predicted molar refractivity (Wildman–Crippen MR) is 100 cm³/mol. The van der Waals surface area contributed by atoms with Crippen molar-refractivity contribution in [2.75, 3.05) is 26.2 Å². The van der Waals surface area contributed by atoms with E-state index in [1.54, 1.807) is 17.0 Å². The molecule has 0 aliphatic carbocycles. The smallest absolute Gasteiger partial charge is 0.238 e. The number of primary sulfonamides is 1. The van der Waals surface area contributed by atoms with E-state index in [1.807, 2.05) is 0 Å². The number of amides is 2. The molecule has 1 unspecified atom stereocenters. The maximum atomic E-state index is 12.0. The molecule has 150 valence electrons. The summed E-state index contributed by atoms with van der Waals surface area (Å²) in [7, 11) is -3.71. The minimum absolute atomic E-state index is 0.0533. The summed E-state index contributed by atoms with van der Waals surface area (Å²) in [6, 6.07) is 6.24. The zero-order chi connectivity index (χ0) is 19.9. The van der Waals surface area contributed by atoms with Gasteiger partial charge in [-0.3, -0.25) is 9.59 Å². The van der Waals surface area contributed by atoms with Gasteiger partial charge in [-0.05, 0) is 37.0 Å². The Labute approximate surface area is 160 Å². The van der Waals surface area contributed by atoms with Crippen LogP contribution in [-0.2, 0) is 30.8 Å². The van der Waals surface area contributed by atoms with Crippen molar-refractivity contribution >= 4 is 21.8 Å². The van der Waals surface area contributed by atoms with Gasteiger partial charge in [0, 0.05) is 39.6 Å². The van der Waals surface area contributed by atoms with Gasteiger partial charge in [-0.15, -0.1) is 0 Å². The summed E-state index contributed by atoms with van der Waals surface area (Å²) in [6.07, 6.45) is 2.87. The number of nitrogens with two attached hydrogens (primary N) is 1. The Hall–Kier alpha value is -1.97. The Kier molecular flexibility index (Phi) is 7.76. The van der Waals surface area contributed by atoms with Gasteiger partial charge in [0.15, 0.2) is 0 Å². The molecule has 0 saturated carbocycles.